The van der Waals surface area contributed by atoms with Gasteiger partial charge in [-0.15, -0.1) is 21.5 Å². The summed E-state index contributed by atoms with van der Waals surface area (Å²) in [4.78, 5) is 7.22. The summed E-state index contributed by atoms with van der Waals surface area (Å²) in [6.07, 6.45) is 2.40. The van der Waals surface area contributed by atoms with Crippen LogP contribution in [0.15, 0.2) is 28.7 Å². The van der Waals surface area contributed by atoms with E-state index in [-0.39, 0.29) is 0 Å². The normalized spacial score (nSPS) is 19.8. The van der Waals surface area contributed by atoms with Crippen LogP contribution in [0.5, 0.6) is 0 Å². The SMILES string of the molecule is Cc1nnc(CN2CCC[C@H](c3nc4ccccc4s3)C2)o1. The van der Waals surface area contributed by atoms with Gasteiger partial charge in [0.1, 0.15) is 0 Å². The highest BCUT2D eigenvalue weighted by Crippen LogP contribution is 2.33. The largest absolute Gasteiger partial charge is 0.424 e. The van der Waals surface area contributed by atoms with E-state index in [9.17, 15) is 0 Å². The van der Waals surface area contributed by atoms with Crippen LogP contribution in [0.3, 0.4) is 0 Å². The topological polar surface area (TPSA) is 55.1 Å². The number of piperidine rings is 1. The second-order valence-corrected chi connectivity index (χ2v) is 6.87. The quantitative estimate of drug-likeness (QED) is 0.742. The molecule has 0 saturated carbocycles. The summed E-state index contributed by atoms with van der Waals surface area (Å²) in [7, 11) is 0. The van der Waals surface area contributed by atoms with Crippen LogP contribution in [-0.2, 0) is 6.54 Å². The van der Waals surface area contributed by atoms with Crippen LogP contribution < -0.4 is 0 Å². The fourth-order valence-electron chi connectivity index (χ4n) is 3.06. The molecule has 2 aromatic heterocycles. The van der Waals surface area contributed by atoms with Crippen molar-refractivity contribution in [3.8, 4) is 0 Å². The van der Waals surface area contributed by atoms with Crippen molar-refractivity contribution in [1.29, 1.82) is 0 Å². The number of nitrogens with zero attached hydrogens (tertiary/aromatic N) is 4. The molecule has 6 heteroatoms. The molecule has 0 aliphatic carbocycles. The Morgan fingerprint density at radius 2 is 2.23 bits per heavy atom. The number of fused-ring (bicyclic) bond motifs is 1. The van der Waals surface area contributed by atoms with Crippen LogP contribution in [-0.4, -0.2) is 33.2 Å². The van der Waals surface area contributed by atoms with E-state index in [1.54, 1.807) is 0 Å². The van der Waals surface area contributed by atoms with Gasteiger partial charge < -0.3 is 4.42 Å². The van der Waals surface area contributed by atoms with E-state index < -0.39 is 0 Å². The van der Waals surface area contributed by atoms with Gasteiger partial charge in [0.25, 0.3) is 0 Å². The molecule has 0 N–H and O–H groups in total. The van der Waals surface area contributed by atoms with Crippen molar-refractivity contribution in [2.45, 2.75) is 32.2 Å². The first-order valence-electron chi connectivity index (χ1n) is 7.65. The minimum absolute atomic E-state index is 0.509. The number of rotatable bonds is 3. The van der Waals surface area contributed by atoms with E-state index in [0.29, 0.717) is 17.7 Å². The molecule has 3 heterocycles. The van der Waals surface area contributed by atoms with E-state index in [1.165, 1.54) is 22.5 Å². The second kappa shape index (κ2) is 5.78. The summed E-state index contributed by atoms with van der Waals surface area (Å²) in [5, 5.41) is 9.26. The molecule has 114 valence electrons. The molecule has 5 nitrogen and oxygen atoms in total. The van der Waals surface area contributed by atoms with Crippen molar-refractivity contribution in [2.24, 2.45) is 0 Å². The highest BCUT2D eigenvalue weighted by atomic mass is 32.1. The van der Waals surface area contributed by atoms with Crippen molar-refractivity contribution in [3.63, 3.8) is 0 Å². The molecule has 1 saturated heterocycles. The summed E-state index contributed by atoms with van der Waals surface area (Å²) in [5.74, 6) is 1.85. The van der Waals surface area contributed by atoms with E-state index in [1.807, 2.05) is 18.3 Å². The lowest BCUT2D eigenvalue weighted by Gasteiger charge is -2.30. The molecular weight excluding hydrogens is 296 g/mol. The molecule has 0 radical (unpaired) electrons. The van der Waals surface area contributed by atoms with Crippen molar-refractivity contribution in [3.05, 3.63) is 41.1 Å². The summed E-state index contributed by atoms with van der Waals surface area (Å²) >= 11 is 1.83. The van der Waals surface area contributed by atoms with Gasteiger partial charge in [-0.3, -0.25) is 4.90 Å². The van der Waals surface area contributed by atoms with Crippen LogP contribution in [0.4, 0.5) is 0 Å². The third-order valence-electron chi connectivity index (χ3n) is 4.09. The molecule has 1 aromatic carbocycles. The van der Waals surface area contributed by atoms with Gasteiger partial charge in [-0.25, -0.2) is 4.98 Å². The molecule has 22 heavy (non-hydrogen) atoms. The molecule has 1 fully saturated rings. The summed E-state index contributed by atoms with van der Waals surface area (Å²) in [6.45, 7) is 4.67. The predicted molar refractivity (Wildman–Crippen MR) is 85.9 cm³/mol. The Labute approximate surface area is 133 Å². The summed E-state index contributed by atoms with van der Waals surface area (Å²) in [6, 6.07) is 8.38. The van der Waals surface area contributed by atoms with Crippen LogP contribution in [0.25, 0.3) is 10.2 Å². The molecule has 0 unspecified atom stereocenters. The smallest absolute Gasteiger partial charge is 0.230 e. The van der Waals surface area contributed by atoms with E-state index in [4.69, 9.17) is 9.40 Å². The Balaban J connectivity index is 1.50. The molecule has 4 rings (SSSR count). The zero-order valence-corrected chi connectivity index (χ0v) is 13.3. The van der Waals surface area contributed by atoms with Gasteiger partial charge in [-0.1, -0.05) is 12.1 Å². The van der Waals surface area contributed by atoms with Gasteiger partial charge in [0.15, 0.2) is 0 Å². The van der Waals surface area contributed by atoms with Gasteiger partial charge in [-0.05, 0) is 31.5 Å². The Hall–Kier alpha value is -1.79. The molecule has 1 aliphatic heterocycles. The van der Waals surface area contributed by atoms with Crippen LogP contribution in [0, 0.1) is 6.92 Å². The number of aryl methyl sites for hydroxylation is 1. The van der Waals surface area contributed by atoms with Crippen LogP contribution >= 0.6 is 11.3 Å². The van der Waals surface area contributed by atoms with Crippen molar-refractivity contribution < 1.29 is 4.42 Å². The fraction of sp³-hybridized carbons (Fsp3) is 0.438. The average molecular weight is 314 g/mol. The van der Waals surface area contributed by atoms with Gasteiger partial charge >= 0.3 is 0 Å². The first-order valence-corrected chi connectivity index (χ1v) is 8.46. The maximum Gasteiger partial charge on any atom is 0.230 e. The zero-order chi connectivity index (χ0) is 14.9. The number of aromatic nitrogens is 3. The number of hydrogen-bond donors (Lipinski definition) is 0. The van der Waals surface area contributed by atoms with Crippen LogP contribution in [0.1, 0.15) is 35.5 Å². The third-order valence-corrected chi connectivity index (χ3v) is 5.29. The standard InChI is InChI=1S/C16H18N4OS/c1-11-18-19-15(21-11)10-20-8-4-5-12(9-20)16-17-13-6-2-3-7-14(13)22-16/h2-3,6-7,12H,4-5,8-10H2,1H3/t12-/m0/s1. The highest BCUT2D eigenvalue weighted by molar-refractivity contribution is 7.18. The number of hydrogen-bond acceptors (Lipinski definition) is 6. The predicted octanol–water partition coefficient (Wildman–Crippen LogP) is 3.37. The minimum Gasteiger partial charge on any atom is -0.424 e. The van der Waals surface area contributed by atoms with Crippen molar-refractivity contribution >= 4 is 21.6 Å². The van der Waals surface area contributed by atoms with Crippen LogP contribution in [0.2, 0.25) is 0 Å². The lowest BCUT2D eigenvalue weighted by molar-refractivity contribution is 0.182. The number of likely N-dealkylation sites (tertiary alicyclic amines) is 1. The van der Waals surface area contributed by atoms with E-state index >= 15 is 0 Å². The Bertz CT molecular complexity index is 748. The summed E-state index contributed by atoms with van der Waals surface area (Å²) in [5.41, 5.74) is 1.12. The van der Waals surface area contributed by atoms with Crippen molar-refractivity contribution in [2.75, 3.05) is 13.1 Å². The Morgan fingerprint density at radius 1 is 1.32 bits per heavy atom. The lowest BCUT2D eigenvalue weighted by Crippen LogP contribution is -2.33. The van der Waals surface area contributed by atoms with Gasteiger partial charge in [0, 0.05) is 19.4 Å². The maximum atomic E-state index is 5.50. The van der Waals surface area contributed by atoms with Gasteiger partial charge in [0.2, 0.25) is 11.8 Å². The fourth-order valence-corrected chi connectivity index (χ4v) is 4.15. The highest BCUT2D eigenvalue weighted by Gasteiger charge is 2.25. The number of benzene rings is 1. The first kappa shape index (κ1) is 13.8. The molecular formula is C16H18N4OS. The van der Waals surface area contributed by atoms with E-state index in [0.717, 1.165) is 25.2 Å². The third kappa shape index (κ3) is 2.76. The number of para-hydroxylation sites is 1. The first-order chi connectivity index (χ1) is 10.8. The molecule has 0 bridgehead atoms. The lowest BCUT2D eigenvalue weighted by atomic mass is 9.99. The zero-order valence-electron chi connectivity index (χ0n) is 12.5. The molecule has 1 atom stereocenters. The minimum atomic E-state index is 0.509. The maximum absolute atomic E-state index is 5.50. The Morgan fingerprint density at radius 3 is 3.05 bits per heavy atom. The number of thiazole rings is 1. The second-order valence-electron chi connectivity index (χ2n) is 5.81. The monoisotopic (exact) mass is 314 g/mol. The molecule has 0 spiro atoms. The Kier molecular flexibility index (Phi) is 3.63. The van der Waals surface area contributed by atoms with Crippen molar-refractivity contribution in [1.82, 2.24) is 20.1 Å². The molecule has 1 aliphatic rings. The molecule has 3 aromatic rings. The van der Waals surface area contributed by atoms with Gasteiger partial charge in [0.05, 0.1) is 21.8 Å². The van der Waals surface area contributed by atoms with Gasteiger partial charge in [-0.2, -0.15) is 0 Å². The average Bonchev–Trinajstić information content (AvgIpc) is 3.13. The molecule has 0 amide bonds. The summed E-state index contributed by atoms with van der Waals surface area (Å²) < 4.78 is 6.78. The van der Waals surface area contributed by atoms with E-state index in [2.05, 4.69) is 39.4 Å².